The summed E-state index contributed by atoms with van der Waals surface area (Å²) in [6.45, 7) is 4.17. The van der Waals surface area contributed by atoms with Crippen LogP contribution in [0.3, 0.4) is 0 Å². The number of carbonyl (C=O) groups excluding carboxylic acids is 2. The van der Waals surface area contributed by atoms with Crippen molar-refractivity contribution in [2.24, 2.45) is 0 Å². The smallest absolute Gasteiger partial charge is 0.242 e. The summed E-state index contributed by atoms with van der Waals surface area (Å²) >= 11 is 3.34. The Kier molecular flexibility index (Phi) is 6.35. The molecule has 0 aliphatic carbocycles. The Hall–Kier alpha value is -1.56. The fraction of sp³-hybridized carbons (Fsp3) is 0.385. The Morgan fingerprint density at radius 1 is 1.26 bits per heavy atom. The third-order valence-electron chi connectivity index (χ3n) is 2.42. The second kappa shape index (κ2) is 7.78. The van der Waals surface area contributed by atoms with E-state index in [4.69, 9.17) is 0 Å². The van der Waals surface area contributed by atoms with Crippen molar-refractivity contribution in [2.75, 3.05) is 18.4 Å². The van der Waals surface area contributed by atoms with Crippen LogP contribution in [0, 0.1) is 0 Å². The van der Waals surface area contributed by atoms with E-state index >= 15 is 0 Å². The normalized spacial score (nSPS) is 11.5. The molecule has 1 aromatic carbocycles. The van der Waals surface area contributed by atoms with Crippen molar-refractivity contribution in [3.63, 3.8) is 0 Å². The summed E-state index contributed by atoms with van der Waals surface area (Å²) in [6.07, 6.45) is 0. The van der Waals surface area contributed by atoms with Crippen molar-refractivity contribution in [1.29, 1.82) is 0 Å². The second-order valence-corrected chi connectivity index (χ2v) is 4.96. The Balaban J connectivity index is 2.35. The number of hydrogen-bond donors (Lipinski definition) is 3. The predicted octanol–water partition coefficient (Wildman–Crippen LogP) is 1.50. The highest BCUT2D eigenvalue weighted by Gasteiger charge is 2.13. The number of carbonyl (C=O) groups is 2. The van der Waals surface area contributed by atoms with Gasteiger partial charge in [-0.3, -0.25) is 9.59 Å². The van der Waals surface area contributed by atoms with Crippen molar-refractivity contribution in [1.82, 2.24) is 10.6 Å². The minimum atomic E-state index is -0.529. The number of anilines is 1. The SMILES string of the molecule is CCNC(=O)[C@@H](C)NC(=O)CNc1ccc(Br)cc1. The highest BCUT2D eigenvalue weighted by Crippen LogP contribution is 2.13. The van der Waals surface area contributed by atoms with Gasteiger partial charge in [0.2, 0.25) is 11.8 Å². The van der Waals surface area contributed by atoms with Gasteiger partial charge in [0.1, 0.15) is 6.04 Å². The standard InChI is InChI=1S/C13H18BrN3O2/c1-3-15-13(19)9(2)17-12(18)8-16-11-6-4-10(14)5-7-11/h4-7,9,16H,3,8H2,1-2H3,(H,15,19)(H,17,18)/t9-/m1/s1. The van der Waals surface area contributed by atoms with Gasteiger partial charge < -0.3 is 16.0 Å². The van der Waals surface area contributed by atoms with Crippen LogP contribution in [0.5, 0.6) is 0 Å². The van der Waals surface area contributed by atoms with Gasteiger partial charge in [-0.05, 0) is 38.1 Å². The van der Waals surface area contributed by atoms with Crippen molar-refractivity contribution < 1.29 is 9.59 Å². The molecule has 0 heterocycles. The molecule has 0 saturated carbocycles. The van der Waals surface area contributed by atoms with Gasteiger partial charge >= 0.3 is 0 Å². The average Bonchev–Trinajstić information content (AvgIpc) is 2.38. The van der Waals surface area contributed by atoms with E-state index in [1.165, 1.54) is 0 Å². The molecule has 19 heavy (non-hydrogen) atoms. The van der Waals surface area contributed by atoms with E-state index in [9.17, 15) is 9.59 Å². The molecule has 1 aromatic rings. The molecule has 0 fully saturated rings. The Morgan fingerprint density at radius 3 is 2.47 bits per heavy atom. The molecule has 0 aliphatic rings. The molecule has 0 aliphatic heterocycles. The molecule has 104 valence electrons. The van der Waals surface area contributed by atoms with Crippen molar-refractivity contribution in [3.8, 4) is 0 Å². The Labute approximate surface area is 121 Å². The first-order valence-electron chi connectivity index (χ1n) is 6.09. The lowest BCUT2D eigenvalue weighted by molar-refractivity contribution is -0.127. The summed E-state index contributed by atoms with van der Waals surface area (Å²) in [5, 5.41) is 8.26. The maximum absolute atomic E-state index is 11.6. The number of likely N-dealkylation sites (N-methyl/N-ethyl adjacent to an activating group) is 1. The van der Waals surface area contributed by atoms with E-state index < -0.39 is 6.04 Å². The molecule has 1 rings (SSSR count). The summed E-state index contributed by atoms with van der Waals surface area (Å²) in [5.74, 6) is -0.402. The lowest BCUT2D eigenvalue weighted by Gasteiger charge is -2.14. The van der Waals surface area contributed by atoms with Gasteiger partial charge in [-0.2, -0.15) is 0 Å². The lowest BCUT2D eigenvalue weighted by Crippen LogP contribution is -2.46. The van der Waals surface area contributed by atoms with Crippen LogP contribution in [0.2, 0.25) is 0 Å². The van der Waals surface area contributed by atoms with Gasteiger partial charge in [0.25, 0.3) is 0 Å². The van der Waals surface area contributed by atoms with E-state index in [0.29, 0.717) is 6.54 Å². The number of halogens is 1. The first-order chi connectivity index (χ1) is 9.02. The predicted molar refractivity (Wildman–Crippen MR) is 78.9 cm³/mol. The van der Waals surface area contributed by atoms with E-state index in [1.54, 1.807) is 6.92 Å². The topological polar surface area (TPSA) is 70.2 Å². The molecule has 1 atom stereocenters. The molecule has 3 N–H and O–H groups in total. The van der Waals surface area contributed by atoms with Crippen LogP contribution in [-0.2, 0) is 9.59 Å². The molecule has 0 bridgehead atoms. The van der Waals surface area contributed by atoms with E-state index in [0.717, 1.165) is 10.2 Å². The summed E-state index contributed by atoms with van der Waals surface area (Å²) in [5.41, 5.74) is 0.851. The van der Waals surface area contributed by atoms with Gasteiger partial charge in [-0.1, -0.05) is 15.9 Å². The number of hydrogen-bond acceptors (Lipinski definition) is 3. The molecule has 6 heteroatoms. The van der Waals surface area contributed by atoms with Crippen LogP contribution < -0.4 is 16.0 Å². The summed E-state index contributed by atoms with van der Waals surface area (Å²) in [6, 6.07) is 6.98. The van der Waals surface area contributed by atoms with Crippen molar-refractivity contribution >= 4 is 33.4 Å². The zero-order valence-corrected chi connectivity index (χ0v) is 12.6. The fourth-order valence-corrected chi connectivity index (χ4v) is 1.70. The van der Waals surface area contributed by atoms with Crippen LogP contribution in [0.1, 0.15) is 13.8 Å². The van der Waals surface area contributed by atoms with Crippen LogP contribution in [0.4, 0.5) is 5.69 Å². The van der Waals surface area contributed by atoms with Crippen LogP contribution in [0.25, 0.3) is 0 Å². The number of amides is 2. The van der Waals surface area contributed by atoms with Crippen molar-refractivity contribution in [3.05, 3.63) is 28.7 Å². The van der Waals surface area contributed by atoms with Crippen LogP contribution >= 0.6 is 15.9 Å². The lowest BCUT2D eigenvalue weighted by atomic mass is 10.3. The maximum Gasteiger partial charge on any atom is 0.242 e. The summed E-state index contributed by atoms with van der Waals surface area (Å²) < 4.78 is 0.979. The van der Waals surface area contributed by atoms with Gasteiger partial charge in [0, 0.05) is 16.7 Å². The molecule has 0 spiro atoms. The first-order valence-corrected chi connectivity index (χ1v) is 6.88. The van der Waals surface area contributed by atoms with E-state index in [-0.39, 0.29) is 18.4 Å². The maximum atomic E-state index is 11.6. The third-order valence-corrected chi connectivity index (χ3v) is 2.95. The van der Waals surface area contributed by atoms with E-state index in [1.807, 2.05) is 31.2 Å². The van der Waals surface area contributed by atoms with Crippen LogP contribution in [-0.4, -0.2) is 30.9 Å². The average molecular weight is 328 g/mol. The highest BCUT2D eigenvalue weighted by atomic mass is 79.9. The van der Waals surface area contributed by atoms with Crippen LogP contribution in [0.15, 0.2) is 28.7 Å². The monoisotopic (exact) mass is 327 g/mol. The van der Waals surface area contributed by atoms with Gasteiger partial charge in [0.15, 0.2) is 0 Å². The molecular weight excluding hydrogens is 310 g/mol. The fourth-order valence-electron chi connectivity index (χ4n) is 1.44. The van der Waals surface area contributed by atoms with Gasteiger partial charge in [0.05, 0.1) is 6.54 Å². The molecule has 0 aromatic heterocycles. The zero-order chi connectivity index (χ0) is 14.3. The minimum Gasteiger partial charge on any atom is -0.376 e. The summed E-state index contributed by atoms with van der Waals surface area (Å²) in [4.78, 5) is 23.1. The van der Waals surface area contributed by atoms with Gasteiger partial charge in [-0.15, -0.1) is 0 Å². The molecule has 0 saturated heterocycles. The molecular formula is C13H18BrN3O2. The molecule has 5 nitrogen and oxygen atoms in total. The Morgan fingerprint density at radius 2 is 1.89 bits per heavy atom. The number of benzene rings is 1. The van der Waals surface area contributed by atoms with Gasteiger partial charge in [-0.25, -0.2) is 0 Å². The van der Waals surface area contributed by atoms with Crippen molar-refractivity contribution in [2.45, 2.75) is 19.9 Å². The first kappa shape index (κ1) is 15.5. The Bertz CT molecular complexity index is 434. The largest absolute Gasteiger partial charge is 0.376 e. The quantitative estimate of drug-likeness (QED) is 0.741. The second-order valence-electron chi connectivity index (χ2n) is 4.04. The number of nitrogens with one attached hydrogen (secondary N) is 3. The minimum absolute atomic E-state index is 0.130. The number of rotatable bonds is 6. The zero-order valence-electron chi connectivity index (χ0n) is 11.0. The summed E-state index contributed by atoms with van der Waals surface area (Å²) in [7, 11) is 0. The highest BCUT2D eigenvalue weighted by molar-refractivity contribution is 9.10. The third kappa shape index (κ3) is 5.74. The molecule has 0 unspecified atom stereocenters. The molecule has 0 radical (unpaired) electrons. The molecule has 2 amide bonds. The van der Waals surface area contributed by atoms with E-state index in [2.05, 4.69) is 31.9 Å².